The molecule has 1 rings (SSSR count). The van der Waals surface area contributed by atoms with Crippen LogP contribution in [0.25, 0.3) is 0 Å². The van der Waals surface area contributed by atoms with Crippen LogP contribution in [-0.4, -0.2) is 11.7 Å². The van der Waals surface area contributed by atoms with Gasteiger partial charge >= 0.3 is 0 Å². The number of benzene rings is 1. The second-order valence-electron chi connectivity index (χ2n) is 3.89. The first-order valence-electron chi connectivity index (χ1n) is 5.74. The molecular formula is C14H20O2. The number of aliphatic hydroxyl groups is 1. The molecule has 0 radical (unpaired) electrons. The van der Waals surface area contributed by atoms with Gasteiger partial charge < -0.3 is 9.84 Å². The van der Waals surface area contributed by atoms with Crippen molar-refractivity contribution in [2.45, 2.75) is 32.8 Å². The zero-order chi connectivity index (χ0) is 12.0. The van der Waals surface area contributed by atoms with E-state index in [1.54, 1.807) is 0 Å². The van der Waals surface area contributed by atoms with Crippen LogP contribution >= 0.6 is 0 Å². The van der Waals surface area contributed by atoms with Crippen LogP contribution < -0.4 is 4.74 Å². The summed E-state index contributed by atoms with van der Waals surface area (Å²) in [7, 11) is 0. The molecular weight excluding hydrogens is 200 g/mol. The molecule has 0 aliphatic carbocycles. The summed E-state index contributed by atoms with van der Waals surface area (Å²) in [5.74, 6) is 0.821. The fourth-order valence-electron chi connectivity index (χ4n) is 1.31. The molecule has 88 valence electrons. The Morgan fingerprint density at radius 3 is 2.44 bits per heavy atom. The van der Waals surface area contributed by atoms with Crippen LogP contribution in [0.2, 0.25) is 0 Å². The van der Waals surface area contributed by atoms with Crippen molar-refractivity contribution in [1.82, 2.24) is 0 Å². The van der Waals surface area contributed by atoms with E-state index in [0.29, 0.717) is 6.61 Å². The van der Waals surface area contributed by atoms with E-state index in [1.165, 1.54) is 0 Å². The maximum Gasteiger partial charge on any atom is 0.119 e. The van der Waals surface area contributed by atoms with Crippen molar-refractivity contribution in [2.75, 3.05) is 6.61 Å². The average molecular weight is 220 g/mol. The van der Waals surface area contributed by atoms with Gasteiger partial charge in [0.15, 0.2) is 0 Å². The Morgan fingerprint density at radius 1 is 1.31 bits per heavy atom. The summed E-state index contributed by atoms with van der Waals surface area (Å²) < 4.78 is 5.55. The minimum Gasteiger partial charge on any atom is -0.489 e. The minimum atomic E-state index is -0.375. The highest BCUT2D eigenvalue weighted by molar-refractivity contribution is 5.28. The molecule has 0 heterocycles. The number of hydrogen-bond acceptors (Lipinski definition) is 2. The Bertz CT molecular complexity index is 327. The zero-order valence-corrected chi connectivity index (χ0v) is 10.1. The van der Waals surface area contributed by atoms with Crippen LogP contribution in [-0.2, 0) is 0 Å². The van der Waals surface area contributed by atoms with Crippen molar-refractivity contribution >= 4 is 0 Å². The van der Waals surface area contributed by atoms with Gasteiger partial charge in [0.1, 0.15) is 12.4 Å². The molecule has 1 N–H and O–H groups in total. The van der Waals surface area contributed by atoms with E-state index in [4.69, 9.17) is 4.74 Å². The smallest absolute Gasteiger partial charge is 0.119 e. The van der Waals surface area contributed by atoms with Crippen molar-refractivity contribution in [3.8, 4) is 5.75 Å². The molecule has 0 aromatic heterocycles. The molecule has 0 fully saturated rings. The predicted molar refractivity (Wildman–Crippen MR) is 66.6 cm³/mol. The van der Waals surface area contributed by atoms with E-state index in [-0.39, 0.29) is 6.10 Å². The standard InChI is InChI=1S/C14H20O2/c1-4-11(3)10-16-13-8-6-12(7-9-13)14(15)5-2/h6-9,14-15H,3-5,10H2,1-2H3/t14-/m0/s1. The highest BCUT2D eigenvalue weighted by atomic mass is 16.5. The predicted octanol–water partition coefficient (Wildman–Crippen LogP) is 3.48. The topological polar surface area (TPSA) is 29.5 Å². The van der Waals surface area contributed by atoms with Gasteiger partial charge in [-0.15, -0.1) is 0 Å². The second-order valence-corrected chi connectivity index (χ2v) is 3.89. The maximum atomic E-state index is 9.62. The van der Waals surface area contributed by atoms with Gasteiger partial charge in [0.05, 0.1) is 6.10 Å². The number of rotatable bonds is 6. The summed E-state index contributed by atoms with van der Waals surface area (Å²) in [6, 6.07) is 7.57. The molecule has 1 aromatic carbocycles. The summed E-state index contributed by atoms with van der Waals surface area (Å²) in [5.41, 5.74) is 2.02. The van der Waals surface area contributed by atoms with Crippen molar-refractivity contribution < 1.29 is 9.84 Å². The zero-order valence-electron chi connectivity index (χ0n) is 10.1. The number of hydrogen-bond donors (Lipinski definition) is 1. The molecule has 0 unspecified atom stereocenters. The van der Waals surface area contributed by atoms with E-state index in [9.17, 15) is 5.11 Å². The van der Waals surface area contributed by atoms with E-state index in [1.807, 2.05) is 31.2 Å². The summed E-state index contributed by atoms with van der Waals surface area (Å²) in [5, 5.41) is 9.62. The quantitative estimate of drug-likeness (QED) is 0.744. The summed E-state index contributed by atoms with van der Waals surface area (Å²) in [6.45, 7) is 8.46. The fourth-order valence-corrected chi connectivity index (χ4v) is 1.31. The van der Waals surface area contributed by atoms with Crippen LogP contribution in [0, 0.1) is 0 Å². The molecule has 16 heavy (non-hydrogen) atoms. The van der Waals surface area contributed by atoms with E-state index in [2.05, 4.69) is 13.5 Å². The Hall–Kier alpha value is -1.28. The van der Waals surface area contributed by atoms with Crippen molar-refractivity contribution in [2.24, 2.45) is 0 Å². The lowest BCUT2D eigenvalue weighted by atomic mass is 10.1. The fraction of sp³-hybridized carbons (Fsp3) is 0.429. The summed E-state index contributed by atoms with van der Waals surface area (Å²) >= 11 is 0. The first-order valence-corrected chi connectivity index (χ1v) is 5.74. The van der Waals surface area contributed by atoms with E-state index < -0.39 is 0 Å². The van der Waals surface area contributed by atoms with Gasteiger partial charge in [-0.2, -0.15) is 0 Å². The van der Waals surface area contributed by atoms with Gasteiger partial charge in [0.25, 0.3) is 0 Å². The van der Waals surface area contributed by atoms with Crippen molar-refractivity contribution in [3.05, 3.63) is 42.0 Å². The van der Waals surface area contributed by atoms with E-state index >= 15 is 0 Å². The van der Waals surface area contributed by atoms with Crippen molar-refractivity contribution in [3.63, 3.8) is 0 Å². The third-order valence-electron chi connectivity index (χ3n) is 2.59. The van der Waals surface area contributed by atoms with Crippen LogP contribution in [0.4, 0.5) is 0 Å². The van der Waals surface area contributed by atoms with Crippen LogP contribution in [0.5, 0.6) is 5.75 Å². The molecule has 0 saturated heterocycles. The minimum absolute atomic E-state index is 0.375. The van der Waals surface area contributed by atoms with Crippen LogP contribution in [0.1, 0.15) is 38.4 Å². The molecule has 0 amide bonds. The van der Waals surface area contributed by atoms with Gasteiger partial charge in [-0.1, -0.05) is 32.6 Å². The monoisotopic (exact) mass is 220 g/mol. The maximum absolute atomic E-state index is 9.62. The van der Waals surface area contributed by atoms with Gasteiger partial charge in [-0.25, -0.2) is 0 Å². The molecule has 0 bridgehead atoms. The first kappa shape index (κ1) is 12.8. The largest absolute Gasteiger partial charge is 0.489 e. The normalized spacial score (nSPS) is 12.2. The van der Waals surface area contributed by atoms with Gasteiger partial charge in [0, 0.05) is 0 Å². The van der Waals surface area contributed by atoms with Gasteiger partial charge in [-0.3, -0.25) is 0 Å². The average Bonchev–Trinajstić information content (AvgIpc) is 2.35. The Labute approximate surface area is 97.6 Å². The summed E-state index contributed by atoms with van der Waals surface area (Å²) in [4.78, 5) is 0. The van der Waals surface area contributed by atoms with Gasteiger partial charge in [0.2, 0.25) is 0 Å². The number of aliphatic hydroxyl groups excluding tert-OH is 1. The molecule has 2 nitrogen and oxygen atoms in total. The Balaban J connectivity index is 2.54. The lowest BCUT2D eigenvalue weighted by Crippen LogP contribution is -2.00. The molecule has 1 atom stereocenters. The molecule has 0 spiro atoms. The lowest BCUT2D eigenvalue weighted by molar-refractivity contribution is 0.173. The molecule has 0 aliphatic rings. The van der Waals surface area contributed by atoms with Crippen molar-refractivity contribution in [1.29, 1.82) is 0 Å². The molecule has 0 saturated carbocycles. The lowest BCUT2D eigenvalue weighted by Gasteiger charge is -2.10. The summed E-state index contributed by atoms with van der Waals surface area (Å²) in [6.07, 6.45) is 1.29. The highest BCUT2D eigenvalue weighted by Crippen LogP contribution is 2.20. The SMILES string of the molecule is C=C(CC)COc1ccc([C@@H](O)CC)cc1. The highest BCUT2D eigenvalue weighted by Gasteiger charge is 2.04. The first-order chi connectivity index (χ1) is 7.67. The van der Waals surface area contributed by atoms with Crippen LogP contribution in [0.3, 0.4) is 0 Å². The Morgan fingerprint density at radius 2 is 1.94 bits per heavy atom. The molecule has 1 aromatic rings. The third-order valence-corrected chi connectivity index (χ3v) is 2.59. The third kappa shape index (κ3) is 3.70. The van der Waals surface area contributed by atoms with Gasteiger partial charge in [-0.05, 0) is 36.1 Å². The Kier molecular flexibility index (Phi) is 5.06. The second kappa shape index (κ2) is 6.33. The number of ether oxygens (including phenoxy) is 1. The molecule has 2 heteroatoms. The van der Waals surface area contributed by atoms with E-state index in [0.717, 1.165) is 29.7 Å². The molecule has 0 aliphatic heterocycles. The van der Waals surface area contributed by atoms with Crippen LogP contribution in [0.15, 0.2) is 36.4 Å².